The summed E-state index contributed by atoms with van der Waals surface area (Å²) in [6, 6.07) is 1.52. The van der Waals surface area contributed by atoms with Crippen molar-refractivity contribution in [2.45, 2.75) is 5.16 Å². The first-order valence-corrected chi connectivity index (χ1v) is 6.04. The Bertz CT molecular complexity index is 608. The van der Waals surface area contributed by atoms with Crippen molar-refractivity contribution < 1.29 is 13.2 Å². The van der Waals surface area contributed by atoms with Gasteiger partial charge < -0.3 is 4.74 Å². The monoisotopic (exact) mass is 248 g/mol. The average Bonchev–Trinajstić information content (AvgIpc) is 2.59. The van der Waals surface area contributed by atoms with Crippen molar-refractivity contribution in [2.24, 2.45) is 0 Å². The van der Waals surface area contributed by atoms with Crippen LogP contribution in [0.2, 0.25) is 0 Å². The van der Waals surface area contributed by atoms with E-state index < -0.39 is 14.2 Å². The van der Waals surface area contributed by atoms with Gasteiger partial charge in [0.05, 0.1) is 7.11 Å². The van der Waals surface area contributed by atoms with E-state index in [2.05, 4.69) is 15.1 Å². The van der Waals surface area contributed by atoms with Crippen LogP contribution in [0.4, 0.5) is 0 Å². The highest BCUT2D eigenvalue weighted by atomic mass is 35.7. The van der Waals surface area contributed by atoms with Crippen LogP contribution in [0, 0.1) is 0 Å². The molecule has 0 fully saturated rings. The van der Waals surface area contributed by atoms with Gasteiger partial charge in [-0.05, 0) is 0 Å². The van der Waals surface area contributed by atoms with Crippen molar-refractivity contribution in [1.82, 2.24) is 19.6 Å². The van der Waals surface area contributed by atoms with Crippen molar-refractivity contribution >= 4 is 25.5 Å². The summed E-state index contributed by atoms with van der Waals surface area (Å²) < 4.78 is 27.9. The molecule has 0 N–H and O–H groups in total. The van der Waals surface area contributed by atoms with Gasteiger partial charge in [0.2, 0.25) is 5.88 Å². The maximum absolute atomic E-state index is 10.9. The second-order valence-corrected chi connectivity index (χ2v) is 5.01. The third kappa shape index (κ3) is 1.85. The topological polar surface area (TPSA) is 86.5 Å². The van der Waals surface area contributed by atoms with Crippen LogP contribution < -0.4 is 4.74 Å². The van der Waals surface area contributed by atoms with Gasteiger partial charge in [-0.25, -0.2) is 12.9 Å². The van der Waals surface area contributed by atoms with Crippen LogP contribution in [0.25, 0.3) is 5.78 Å². The summed E-state index contributed by atoms with van der Waals surface area (Å²) in [5.74, 6) is 0.419. The summed E-state index contributed by atoms with van der Waals surface area (Å²) in [4.78, 5) is 7.51. The quantitative estimate of drug-likeness (QED) is 0.699. The highest BCUT2D eigenvalue weighted by Gasteiger charge is 2.17. The third-order valence-electron chi connectivity index (χ3n) is 1.59. The summed E-state index contributed by atoms with van der Waals surface area (Å²) in [6.07, 6.45) is 1.47. The number of fused-ring (bicyclic) bond motifs is 1. The SMILES string of the molecule is COc1ccn2nc(S(=O)(=O)Cl)nc2n1. The van der Waals surface area contributed by atoms with Gasteiger partial charge in [0, 0.05) is 22.9 Å². The molecule has 2 aromatic heterocycles. The molecule has 0 aliphatic carbocycles. The van der Waals surface area contributed by atoms with Crippen LogP contribution in [0.3, 0.4) is 0 Å². The molecule has 0 radical (unpaired) electrons. The fourth-order valence-electron chi connectivity index (χ4n) is 0.959. The van der Waals surface area contributed by atoms with Crippen LogP contribution >= 0.6 is 10.7 Å². The second-order valence-electron chi connectivity index (χ2n) is 2.55. The Labute approximate surface area is 89.1 Å². The molecule has 0 saturated heterocycles. The maximum atomic E-state index is 10.9. The molecule has 0 aromatic carbocycles. The minimum absolute atomic E-state index is 0.105. The summed E-state index contributed by atoms with van der Waals surface area (Å²) in [6.45, 7) is 0. The minimum atomic E-state index is -3.94. The Morgan fingerprint density at radius 2 is 2.20 bits per heavy atom. The number of nitrogens with zero attached hydrogens (tertiary/aromatic N) is 4. The minimum Gasteiger partial charge on any atom is -0.481 e. The van der Waals surface area contributed by atoms with E-state index in [0.717, 1.165) is 0 Å². The van der Waals surface area contributed by atoms with Crippen molar-refractivity contribution in [3.8, 4) is 5.88 Å². The molecule has 0 aliphatic heterocycles. The smallest absolute Gasteiger partial charge is 0.298 e. The average molecular weight is 249 g/mol. The maximum Gasteiger partial charge on any atom is 0.298 e. The van der Waals surface area contributed by atoms with Gasteiger partial charge in [-0.3, -0.25) is 0 Å². The van der Waals surface area contributed by atoms with Crippen molar-refractivity contribution in [3.05, 3.63) is 12.3 Å². The summed E-state index contributed by atoms with van der Waals surface area (Å²) in [5, 5.41) is 3.15. The first-order chi connectivity index (χ1) is 7.00. The largest absolute Gasteiger partial charge is 0.481 e. The lowest BCUT2D eigenvalue weighted by Crippen LogP contribution is -1.94. The molecule has 15 heavy (non-hydrogen) atoms. The lowest BCUT2D eigenvalue weighted by Gasteiger charge is -1.95. The summed E-state index contributed by atoms with van der Waals surface area (Å²) >= 11 is 0. The van der Waals surface area contributed by atoms with Crippen LogP contribution in [0.15, 0.2) is 17.4 Å². The molecule has 0 amide bonds. The van der Waals surface area contributed by atoms with E-state index in [-0.39, 0.29) is 5.78 Å². The second kappa shape index (κ2) is 3.31. The van der Waals surface area contributed by atoms with Gasteiger partial charge in [0.15, 0.2) is 0 Å². The van der Waals surface area contributed by atoms with Crippen LogP contribution in [0.5, 0.6) is 5.88 Å². The van der Waals surface area contributed by atoms with E-state index >= 15 is 0 Å². The molecule has 0 aliphatic rings. The highest BCUT2D eigenvalue weighted by molar-refractivity contribution is 8.13. The molecule has 2 rings (SSSR count). The van der Waals surface area contributed by atoms with Gasteiger partial charge in [0.1, 0.15) is 0 Å². The van der Waals surface area contributed by atoms with Crippen molar-refractivity contribution in [1.29, 1.82) is 0 Å². The molecule has 0 unspecified atom stereocenters. The van der Waals surface area contributed by atoms with Gasteiger partial charge in [0.25, 0.3) is 20.0 Å². The molecule has 0 spiro atoms. The predicted octanol–water partition coefficient (Wildman–Crippen LogP) is 0.0604. The molecular weight excluding hydrogens is 244 g/mol. The van der Waals surface area contributed by atoms with Gasteiger partial charge in [-0.15, -0.1) is 5.10 Å². The van der Waals surface area contributed by atoms with E-state index in [1.807, 2.05) is 0 Å². The van der Waals surface area contributed by atoms with Crippen molar-refractivity contribution in [3.63, 3.8) is 0 Å². The summed E-state index contributed by atoms with van der Waals surface area (Å²) in [5.41, 5.74) is 0. The Balaban J connectivity index is 2.66. The van der Waals surface area contributed by atoms with E-state index in [1.54, 1.807) is 0 Å². The molecule has 0 saturated carbocycles. The molecule has 7 nitrogen and oxygen atoms in total. The van der Waals surface area contributed by atoms with Gasteiger partial charge in [-0.2, -0.15) is 9.97 Å². The lowest BCUT2D eigenvalue weighted by molar-refractivity contribution is 0.397. The highest BCUT2D eigenvalue weighted by Crippen LogP contribution is 2.12. The number of rotatable bonds is 2. The zero-order chi connectivity index (χ0) is 11.1. The van der Waals surface area contributed by atoms with E-state index in [4.69, 9.17) is 15.4 Å². The molecule has 2 aromatic rings. The third-order valence-corrected chi connectivity index (χ3v) is 2.61. The fourth-order valence-corrected chi connectivity index (χ4v) is 1.53. The first kappa shape index (κ1) is 10.1. The van der Waals surface area contributed by atoms with E-state index in [1.165, 1.54) is 23.9 Å². The van der Waals surface area contributed by atoms with Crippen LogP contribution in [-0.4, -0.2) is 35.1 Å². The number of methoxy groups -OCH3 is 1. The zero-order valence-corrected chi connectivity index (χ0v) is 9.03. The number of hydrogen-bond donors (Lipinski definition) is 0. The Kier molecular flexibility index (Phi) is 2.24. The number of ether oxygens (including phenoxy) is 1. The lowest BCUT2D eigenvalue weighted by atomic mass is 10.6. The standard InChI is InChI=1S/C6H5ClN4O3S/c1-14-4-2-3-11-5(8-4)9-6(10-11)15(7,12)13/h2-3H,1H3. The molecule has 80 valence electrons. The number of halogens is 1. The fraction of sp³-hybridized carbons (Fsp3) is 0.167. The van der Waals surface area contributed by atoms with Gasteiger partial charge >= 0.3 is 0 Å². The summed E-state index contributed by atoms with van der Waals surface area (Å²) in [7, 11) is 2.58. The van der Waals surface area contributed by atoms with E-state index in [0.29, 0.717) is 5.88 Å². The first-order valence-electron chi connectivity index (χ1n) is 3.73. The molecule has 9 heteroatoms. The number of hydrogen-bond acceptors (Lipinski definition) is 6. The van der Waals surface area contributed by atoms with Gasteiger partial charge in [-0.1, -0.05) is 0 Å². The van der Waals surface area contributed by atoms with Crippen LogP contribution in [-0.2, 0) is 9.05 Å². The Morgan fingerprint density at radius 3 is 2.80 bits per heavy atom. The normalized spacial score (nSPS) is 11.9. The van der Waals surface area contributed by atoms with E-state index in [9.17, 15) is 8.42 Å². The predicted molar refractivity (Wildman–Crippen MR) is 50.4 cm³/mol. The molecule has 0 atom stereocenters. The Morgan fingerprint density at radius 1 is 1.47 bits per heavy atom. The zero-order valence-electron chi connectivity index (χ0n) is 7.45. The van der Waals surface area contributed by atoms with Crippen LogP contribution in [0.1, 0.15) is 0 Å². The van der Waals surface area contributed by atoms with Crippen molar-refractivity contribution in [2.75, 3.05) is 7.11 Å². The molecular formula is C6H5ClN4O3S. The Hall–Kier alpha value is -1.41. The molecule has 2 heterocycles. The molecule has 0 bridgehead atoms. The number of aromatic nitrogens is 4.